The molecule has 44 heavy (non-hydrogen) atoms. The summed E-state index contributed by atoms with van der Waals surface area (Å²) >= 11 is 1.25. The van der Waals surface area contributed by atoms with E-state index in [4.69, 9.17) is 5.73 Å². The van der Waals surface area contributed by atoms with Crippen LogP contribution >= 0.6 is 11.3 Å². The van der Waals surface area contributed by atoms with E-state index in [2.05, 4.69) is 26.3 Å². The molecular formula is C32H40N6O5S. The van der Waals surface area contributed by atoms with Crippen LogP contribution in [-0.2, 0) is 27.2 Å². The minimum Gasteiger partial charge on any atom is -0.508 e. The fourth-order valence-corrected chi connectivity index (χ4v) is 5.95. The molecule has 4 atom stereocenters. The molecule has 1 aliphatic heterocycles. The largest absolute Gasteiger partial charge is 0.508 e. The molecule has 0 unspecified atom stereocenters. The topological polar surface area (TPSA) is 176 Å². The highest BCUT2D eigenvalue weighted by Crippen LogP contribution is 2.26. The van der Waals surface area contributed by atoms with Crippen LogP contribution in [0, 0.1) is 5.92 Å². The summed E-state index contributed by atoms with van der Waals surface area (Å²) in [5.41, 5.74) is 8.04. The van der Waals surface area contributed by atoms with Crippen LogP contribution < -0.4 is 27.0 Å². The first kappa shape index (κ1) is 32.6. The van der Waals surface area contributed by atoms with Crippen molar-refractivity contribution in [1.82, 2.24) is 26.3 Å². The van der Waals surface area contributed by atoms with Crippen LogP contribution in [0.4, 0.5) is 0 Å². The van der Waals surface area contributed by atoms with E-state index in [-0.39, 0.29) is 35.6 Å². The second kappa shape index (κ2) is 15.4. The van der Waals surface area contributed by atoms with Gasteiger partial charge in [0.05, 0.1) is 12.1 Å². The van der Waals surface area contributed by atoms with E-state index < -0.39 is 36.0 Å². The van der Waals surface area contributed by atoms with Crippen molar-refractivity contribution in [2.75, 3.05) is 6.54 Å². The molecule has 0 spiro atoms. The van der Waals surface area contributed by atoms with Crippen LogP contribution in [0.25, 0.3) is 0 Å². The molecule has 2 heterocycles. The Bertz CT molecular complexity index is 1430. The number of aromatic hydroxyl groups is 1. The van der Waals surface area contributed by atoms with Gasteiger partial charge < -0.3 is 32.1 Å². The highest BCUT2D eigenvalue weighted by molar-refractivity contribution is 7.09. The van der Waals surface area contributed by atoms with Crippen molar-refractivity contribution >= 4 is 35.0 Å². The van der Waals surface area contributed by atoms with E-state index in [0.717, 1.165) is 11.1 Å². The fourth-order valence-electron chi connectivity index (χ4n) is 4.93. The third-order valence-corrected chi connectivity index (χ3v) is 8.40. The van der Waals surface area contributed by atoms with E-state index in [9.17, 15) is 24.3 Å². The molecular weight excluding hydrogens is 580 g/mol. The Hall–Kier alpha value is -4.29. The maximum Gasteiger partial charge on any atom is 0.271 e. The van der Waals surface area contributed by atoms with Crippen molar-refractivity contribution in [3.05, 3.63) is 81.8 Å². The van der Waals surface area contributed by atoms with E-state index in [1.165, 1.54) is 23.5 Å². The number of carbonyl (C=O) groups is 4. The first-order chi connectivity index (χ1) is 21.1. The first-order valence-corrected chi connectivity index (χ1v) is 15.7. The monoisotopic (exact) mass is 620 g/mol. The third-order valence-electron chi connectivity index (χ3n) is 7.47. The van der Waals surface area contributed by atoms with Gasteiger partial charge in [-0.1, -0.05) is 56.3 Å². The Morgan fingerprint density at radius 2 is 1.75 bits per heavy atom. The number of nitrogens with one attached hydrogen (secondary N) is 4. The zero-order valence-corrected chi connectivity index (χ0v) is 25.7. The van der Waals surface area contributed by atoms with Crippen LogP contribution in [0.15, 0.2) is 60.0 Å². The highest BCUT2D eigenvalue weighted by atomic mass is 32.1. The number of nitrogens with zero attached hydrogens (tertiary/aromatic N) is 1. The average Bonchev–Trinajstić information content (AvgIpc) is 3.49. The lowest BCUT2D eigenvalue weighted by molar-refractivity contribution is -0.130. The number of phenolic OH excluding ortho intramolecular Hbond substituents is 1. The molecule has 0 aliphatic carbocycles. The zero-order chi connectivity index (χ0) is 31.6. The second-order valence-electron chi connectivity index (χ2n) is 11.3. The van der Waals surface area contributed by atoms with Crippen molar-refractivity contribution in [3.8, 4) is 5.75 Å². The minimum absolute atomic E-state index is 0.0652. The molecule has 11 nitrogen and oxygen atoms in total. The Kier molecular flexibility index (Phi) is 11.4. The first-order valence-electron chi connectivity index (χ1n) is 14.8. The number of phenols is 1. The normalized spacial score (nSPS) is 20.7. The van der Waals surface area contributed by atoms with Gasteiger partial charge in [0.15, 0.2) is 0 Å². The summed E-state index contributed by atoms with van der Waals surface area (Å²) in [6.45, 7) is 4.20. The van der Waals surface area contributed by atoms with Gasteiger partial charge in [0.25, 0.3) is 5.91 Å². The van der Waals surface area contributed by atoms with E-state index >= 15 is 0 Å². The van der Waals surface area contributed by atoms with Crippen molar-refractivity contribution < 1.29 is 24.3 Å². The molecule has 4 rings (SSSR count). The molecule has 1 aromatic heterocycles. The van der Waals surface area contributed by atoms with Crippen molar-refractivity contribution in [2.24, 2.45) is 11.7 Å². The molecule has 2 aromatic carbocycles. The number of nitrogens with two attached hydrogens (primary N) is 1. The van der Waals surface area contributed by atoms with Gasteiger partial charge in [-0.15, -0.1) is 11.3 Å². The molecule has 1 aliphatic rings. The molecule has 3 aromatic rings. The number of rotatable bonds is 7. The van der Waals surface area contributed by atoms with Gasteiger partial charge in [-0.3, -0.25) is 19.2 Å². The van der Waals surface area contributed by atoms with Gasteiger partial charge in [0.2, 0.25) is 17.7 Å². The number of fused-ring (bicyclic) bond motifs is 2. The number of benzene rings is 2. The van der Waals surface area contributed by atoms with Crippen molar-refractivity contribution in [2.45, 2.75) is 70.1 Å². The maximum absolute atomic E-state index is 13.6. The van der Waals surface area contributed by atoms with Gasteiger partial charge >= 0.3 is 0 Å². The molecule has 234 valence electrons. The Morgan fingerprint density at radius 3 is 2.45 bits per heavy atom. The summed E-state index contributed by atoms with van der Waals surface area (Å²) in [5, 5.41) is 23.3. The van der Waals surface area contributed by atoms with E-state index in [0.29, 0.717) is 37.2 Å². The summed E-state index contributed by atoms with van der Waals surface area (Å²) in [7, 11) is 0. The van der Waals surface area contributed by atoms with Crippen LogP contribution in [0.1, 0.15) is 65.8 Å². The van der Waals surface area contributed by atoms with Crippen molar-refractivity contribution in [3.63, 3.8) is 0 Å². The van der Waals surface area contributed by atoms with E-state index in [1.807, 2.05) is 44.2 Å². The second-order valence-corrected chi connectivity index (χ2v) is 12.2. The Labute approximate surface area is 261 Å². The lowest BCUT2D eigenvalue weighted by Crippen LogP contribution is -2.53. The third kappa shape index (κ3) is 9.10. The number of amides is 4. The predicted octanol–water partition coefficient (Wildman–Crippen LogP) is 2.36. The number of hydrogen-bond donors (Lipinski definition) is 6. The van der Waals surface area contributed by atoms with E-state index in [1.54, 1.807) is 17.5 Å². The molecule has 7 N–H and O–H groups in total. The smallest absolute Gasteiger partial charge is 0.271 e. The van der Waals surface area contributed by atoms with Gasteiger partial charge in [-0.05, 0) is 54.9 Å². The van der Waals surface area contributed by atoms with Crippen LogP contribution in [-0.4, -0.2) is 58.4 Å². The molecule has 0 radical (unpaired) electrons. The highest BCUT2D eigenvalue weighted by Gasteiger charge is 2.30. The average molecular weight is 621 g/mol. The number of thiazole rings is 1. The van der Waals surface area contributed by atoms with Crippen LogP contribution in [0.5, 0.6) is 5.75 Å². The summed E-state index contributed by atoms with van der Waals surface area (Å²) in [5.74, 6) is -1.59. The number of hydrogen-bond acceptors (Lipinski definition) is 8. The van der Waals surface area contributed by atoms with Crippen molar-refractivity contribution in [1.29, 1.82) is 0 Å². The summed E-state index contributed by atoms with van der Waals surface area (Å²) in [6.07, 6.45) is 1.97. The molecule has 0 saturated carbocycles. The van der Waals surface area contributed by atoms with Crippen LogP contribution in [0.2, 0.25) is 0 Å². The zero-order valence-electron chi connectivity index (χ0n) is 24.9. The van der Waals surface area contributed by atoms with Gasteiger partial charge in [-0.2, -0.15) is 0 Å². The maximum atomic E-state index is 13.6. The molecule has 2 bridgehead atoms. The summed E-state index contributed by atoms with van der Waals surface area (Å²) in [6, 6.07) is 12.8. The minimum atomic E-state index is -0.908. The SMILES string of the molecule is CC(C)[C@H]1NC(=O)[C@@H](NC(=O)[C@@H](N)Cc2ccc(O)cc2)CCCCNC(=O)[C@@H](Cc2ccccc2)NC(=O)c2csc1n2. The molecule has 0 saturated heterocycles. The fraction of sp³-hybridized carbons (Fsp3) is 0.406. The van der Waals surface area contributed by atoms with Gasteiger partial charge in [0, 0.05) is 18.3 Å². The number of aromatic nitrogens is 1. The standard InChI is InChI=1S/C32H40N6O5S/c1-19(2)27-32-37-26(18-44-32)31(43)36-25(17-20-8-4-3-5-9-20)29(41)34-15-7-6-10-24(30(42)38-27)35-28(40)23(33)16-21-11-13-22(39)14-12-21/h3-5,8-9,11-14,18-19,23-25,27,39H,6-7,10,15-17,33H2,1-2H3,(H,34,41)(H,35,40)(H,36,43)(H,38,42)/t23-,24-,25+,27+/m0/s1. The van der Waals surface area contributed by atoms with Crippen LogP contribution in [0.3, 0.4) is 0 Å². The number of carbonyl (C=O) groups excluding carboxylic acids is 4. The predicted molar refractivity (Wildman–Crippen MR) is 168 cm³/mol. The Balaban J connectivity index is 1.52. The molecule has 4 amide bonds. The molecule has 0 fully saturated rings. The summed E-state index contributed by atoms with van der Waals surface area (Å²) in [4.78, 5) is 57.5. The lowest BCUT2D eigenvalue weighted by Gasteiger charge is -2.26. The van der Waals surface area contributed by atoms with Gasteiger partial charge in [-0.25, -0.2) is 4.98 Å². The quantitative estimate of drug-likeness (QED) is 0.235. The molecule has 12 heteroatoms. The lowest BCUT2D eigenvalue weighted by atomic mass is 10.0. The van der Waals surface area contributed by atoms with Gasteiger partial charge in [0.1, 0.15) is 28.5 Å². The Morgan fingerprint density at radius 1 is 1.02 bits per heavy atom. The summed E-state index contributed by atoms with van der Waals surface area (Å²) < 4.78 is 0.